The first-order chi connectivity index (χ1) is 11.9. The van der Waals surface area contributed by atoms with Gasteiger partial charge >= 0.3 is 0 Å². The molecule has 0 bridgehead atoms. The maximum absolute atomic E-state index is 12.2. The lowest BCUT2D eigenvalue weighted by atomic mass is 10.2. The van der Waals surface area contributed by atoms with Crippen molar-refractivity contribution < 1.29 is 22.6 Å². The lowest BCUT2D eigenvalue weighted by molar-refractivity contribution is 0.324. The lowest BCUT2D eigenvalue weighted by Crippen LogP contribution is -2.18. The van der Waals surface area contributed by atoms with Crippen molar-refractivity contribution in [2.24, 2.45) is 5.10 Å². The quantitative estimate of drug-likeness (QED) is 0.602. The van der Waals surface area contributed by atoms with Crippen LogP contribution < -0.4 is 19.0 Å². The number of hydrogen-bond donors (Lipinski definition) is 1. The Balaban J connectivity index is 2.23. The average molecular weight is 364 g/mol. The van der Waals surface area contributed by atoms with Gasteiger partial charge in [-0.1, -0.05) is 17.7 Å². The van der Waals surface area contributed by atoms with E-state index in [4.69, 9.17) is 14.2 Å². The van der Waals surface area contributed by atoms with Crippen LogP contribution in [0.4, 0.5) is 0 Å². The predicted octanol–water partition coefficient (Wildman–Crippen LogP) is 2.33. The lowest BCUT2D eigenvalue weighted by Gasteiger charge is -2.12. The Morgan fingerprint density at radius 3 is 2.00 bits per heavy atom. The second kappa shape index (κ2) is 7.89. The normalized spacial score (nSPS) is 11.4. The van der Waals surface area contributed by atoms with Crippen LogP contribution >= 0.6 is 0 Å². The molecule has 25 heavy (non-hydrogen) atoms. The second-order valence-corrected chi connectivity index (χ2v) is 6.79. The summed E-state index contributed by atoms with van der Waals surface area (Å²) in [6, 6.07) is 9.80. The van der Waals surface area contributed by atoms with Crippen LogP contribution in [0.15, 0.2) is 46.4 Å². The van der Waals surface area contributed by atoms with E-state index in [1.807, 2.05) is 6.92 Å². The van der Waals surface area contributed by atoms with E-state index in [0.717, 1.165) is 5.56 Å². The number of benzene rings is 2. The second-order valence-electron chi connectivity index (χ2n) is 5.12. The Bertz CT molecular complexity index is 836. The molecule has 0 heterocycles. The van der Waals surface area contributed by atoms with Gasteiger partial charge in [0.1, 0.15) is 0 Å². The molecule has 0 saturated carbocycles. The number of methoxy groups -OCH3 is 3. The summed E-state index contributed by atoms with van der Waals surface area (Å²) in [5.41, 5.74) is 1.56. The zero-order valence-electron chi connectivity index (χ0n) is 14.4. The van der Waals surface area contributed by atoms with Gasteiger partial charge in [-0.2, -0.15) is 13.5 Å². The molecule has 2 aromatic rings. The van der Waals surface area contributed by atoms with Gasteiger partial charge in [-0.25, -0.2) is 4.83 Å². The minimum atomic E-state index is -3.73. The van der Waals surface area contributed by atoms with Crippen molar-refractivity contribution in [2.75, 3.05) is 21.3 Å². The third-order valence-electron chi connectivity index (χ3n) is 3.40. The number of hydrazone groups is 1. The van der Waals surface area contributed by atoms with Gasteiger partial charge in [0.2, 0.25) is 5.75 Å². The van der Waals surface area contributed by atoms with Crippen LogP contribution in [0.2, 0.25) is 0 Å². The van der Waals surface area contributed by atoms with Crippen LogP contribution in [-0.4, -0.2) is 36.0 Å². The number of hydrogen-bond acceptors (Lipinski definition) is 6. The molecular formula is C17H20N2O5S. The fourth-order valence-electron chi connectivity index (χ4n) is 2.12. The molecule has 0 atom stereocenters. The van der Waals surface area contributed by atoms with Crippen molar-refractivity contribution in [3.05, 3.63) is 47.5 Å². The Hall–Kier alpha value is -2.74. The van der Waals surface area contributed by atoms with E-state index in [1.54, 1.807) is 24.3 Å². The Kier molecular flexibility index (Phi) is 5.87. The van der Waals surface area contributed by atoms with Crippen molar-refractivity contribution in [1.29, 1.82) is 0 Å². The van der Waals surface area contributed by atoms with Crippen LogP contribution in [0.25, 0.3) is 0 Å². The highest BCUT2D eigenvalue weighted by molar-refractivity contribution is 7.89. The first-order valence-electron chi connectivity index (χ1n) is 7.33. The van der Waals surface area contributed by atoms with Crippen LogP contribution in [0.5, 0.6) is 17.2 Å². The Morgan fingerprint density at radius 2 is 1.52 bits per heavy atom. The molecular weight excluding hydrogens is 344 g/mol. The van der Waals surface area contributed by atoms with Crippen molar-refractivity contribution >= 4 is 16.2 Å². The van der Waals surface area contributed by atoms with E-state index in [-0.39, 0.29) is 4.90 Å². The summed E-state index contributed by atoms with van der Waals surface area (Å²) in [6.07, 6.45) is 1.36. The summed E-state index contributed by atoms with van der Waals surface area (Å²) in [6.45, 7) is 1.88. The van der Waals surface area contributed by atoms with Gasteiger partial charge < -0.3 is 14.2 Å². The molecule has 0 radical (unpaired) electrons. The van der Waals surface area contributed by atoms with Crippen molar-refractivity contribution in [1.82, 2.24) is 4.83 Å². The van der Waals surface area contributed by atoms with Gasteiger partial charge in [-0.15, -0.1) is 0 Å². The predicted molar refractivity (Wildman–Crippen MR) is 95.2 cm³/mol. The summed E-state index contributed by atoms with van der Waals surface area (Å²) >= 11 is 0. The van der Waals surface area contributed by atoms with E-state index >= 15 is 0 Å². The van der Waals surface area contributed by atoms with Gasteiger partial charge in [0.05, 0.1) is 32.4 Å². The number of rotatable bonds is 7. The van der Waals surface area contributed by atoms with Crippen LogP contribution in [0.1, 0.15) is 11.1 Å². The zero-order chi connectivity index (χ0) is 18.4. The molecule has 0 unspecified atom stereocenters. The first-order valence-corrected chi connectivity index (χ1v) is 8.81. The Morgan fingerprint density at radius 1 is 0.960 bits per heavy atom. The highest BCUT2D eigenvalue weighted by atomic mass is 32.2. The Labute approximate surface area is 147 Å². The molecule has 134 valence electrons. The largest absolute Gasteiger partial charge is 0.493 e. The summed E-state index contributed by atoms with van der Waals surface area (Å²) in [5, 5.41) is 3.80. The zero-order valence-corrected chi connectivity index (χ0v) is 15.3. The van der Waals surface area contributed by atoms with Crippen LogP contribution in [-0.2, 0) is 10.0 Å². The molecule has 0 aliphatic rings. The molecule has 0 saturated heterocycles. The fourth-order valence-corrected chi connectivity index (χ4v) is 2.91. The minimum Gasteiger partial charge on any atom is -0.493 e. The molecule has 0 aliphatic carbocycles. The maximum Gasteiger partial charge on any atom is 0.276 e. The van der Waals surface area contributed by atoms with E-state index < -0.39 is 10.0 Å². The maximum atomic E-state index is 12.2. The topological polar surface area (TPSA) is 86.2 Å². The number of ether oxygens (including phenoxy) is 3. The summed E-state index contributed by atoms with van der Waals surface area (Å²) < 4.78 is 40.1. The van der Waals surface area contributed by atoms with E-state index in [9.17, 15) is 8.42 Å². The van der Waals surface area contributed by atoms with Crippen LogP contribution in [0.3, 0.4) is 0 Å². The van der Waals surface area contributed by atoms with E-state index in [2.05, 4.69) is 9.93 Å². The number of nitrogens with one attached hydrogen (secondary N) is 1. The third kappa shape index (κ3) is 4.42. The van der Waals surface area contributed by atoms with Gasteiger partial charge in [0.25, 0.3) is 10.0 Å². The van der Waals surface area contributed by atoms with Crippen molar-refractivity contribution in [2.45, 2.75) is 11.8 Å². The average Bonchev–Trinajstić information content (AvgIpc) is 2.61. The van der Waals surface area contributed by atoms with Crippen molar-refractivity contribution in [3.63, 3.8) is 0 Å². The minimum absolute atomic E-state index is 0.139. The molecule has 8 heteroatoms. The highest BCUT2D eigenvalue weighted by Crippen LogP contribution is 2.37. The number of aryl methyl sites for hydroxylation is 1. The van der Waals surface area contributed by atoms with Crippen LogP contribution in [0, 0.1) is 6.92 Å². The molecule has 0 amide bonds. The van der Waals surface area contributed by atoms with Crippen molar-refractivity contribution in [3.8, 4) is 17.2 Å². The molecule has 2 rings (SSSR count). The number of sulfonamides is 1. The van der Waals surface area contributed by atoms with E-state index in [0.29, 0.717) is 22.8 Å². The molecule has 0 aromatic heterocycles. The monoisotopic (exact) mass is 364 g/mol. The molecule has 0 fully saturated rings. The number of nitrogens with zero attached hydrogens (tertiary/aromatic N) is 1. The van der Waals surface area contributed by atoms with Gasteiger partial charge in [0, 0.05) is 5.56 Å². The molecule has 7 nitrogen and oxygen atoms in total. The van der Waals surface area contributed by atoms with Gasteiger partial charge in [-0.05, 0) is 31.2 Å². The summed E-state index contributed by atoms with van der Waals surface area (Å²) in [7, 11) is 0.774. The fraction of sp³-hybridized carbons (Fsp3) is 0.235. The van der Waals surface area contributed by atoms with Gasteiger partial charge in [-0.3, -0.25) is 0 Å². The molecule has 0 spiro atoms. The standard InChI is InChI=1S/C17H20N2O5S/c1-12-5-7-14(8-6-12)25(20,21)19-18-11-13-9-15(22-2)17(24-4)16(10-13)23-3/h5-11,19H,1-4H3. The molecule has 1 N–H and O–H groups in total. The SMILES string of the molecule is COc1cc(C=NNS(=O)(=O)c2ccc(C)cc2)cc(OC)c1OC. The molecule has 2 aromatic carbocycles. The molecule has 0 aliphatic heterocycles. The smallest absolute Gasteiger partial charge is 0.276 e. The third-order valence-corrected chi connectivity index (χ3v) is 4.64. The van der Waals surface area contributed by atoms with Gasteiger partial charge in [0.15, 0.2) is 11.5 Å². The first kappa shape index (κ1) is 18.6. The highest BCUT2D eigenvalue weighted by Gasteiger charge is 2.14. The summed E-state index contributed by atoms with van der Waals surface area (Å²) in [5.74, 6) is 1.34. The summed E-state index contributed by atoms with van der Waals surface area (Å²) in [4.78, 5) is 2.31. The van der Waals surface area contributed by atoms with E-state index in [1.165, 1.54) is 39.7 Å².